The van der Waals surface area contributed by atoms with Crippen molar-refractivity contribution in [2.75, 3.05) is 7.11 Å². The van der Waals surface area contributed by atoms with Gasteiger partial charge >= 0.3 is 12.1 Å². The van der Waals surface area contributed by atoms with Crippen molar-refractivity contribution in [1.82, 2.24) is 0 Å². The van der Waals surface area contributed by atoms with E-state index >= 15 is 0 Å². The SMILES string of the molecule is COC(=O)c1ccc(/C=C\CC(F)(F)F)cc1. The van der Waals surface area contributed by atoms with Crippen molar-refractivity contribution in [3.05, 3.63) is 41.5 Å². The predicted octanol–water partition coefficient (Wildman–Crippen LogP) is 3.44. The molecule has 5 heteroatoms. The molecule has 0 amide bonds. The van der Waals surface area contributed by atoms with Gasteiger partial charge < -0.3 is 4.74 Å². The second-order valence-corrected chi connectivity index (χ2v) is 3.34. The molecular weight excluding hydrogens is 233 g/mol. The van der Waals surface area contributed by atoms with E-state index in [0.29, 0.717) is 11.1 Å². The Kier molecular flexibility index (Phi) is 4.31. The molecule has 17 heavy (non-hydrogen) atoms. The van der Waals surface area contributed by atoms with Crippen LogP contribution >= 0.6 is 0 Å². The molecule has 0 aliphatic heterocycles. The molecule has 0 saturated carbocycles. The molecule has 0 aromatic heterocycles. The van der Waals surface area contributed by atoms with Crippen LogP contribution in [0.4, 0.5) is 13.2 Å². The first-order valence-corrected chi connectivity index (χ1v) is 4.84. The van der Waals surface area contributed by atoms with Crippen LogP contribution in [0.5, 0.6) is 0 Å². The number of esters is 1. The third kappa shape index (κ3) is 4.72. The first kappa shape index (κ1) is 13.3. The largest absolute Gasteiger partial charge is 0.465 e. The topological polar surface area (TPSA) is 26.3 Å². The summed E-state index contributed by atoms with van der Waals surface area (Å²) in [5, 5.41) is 0. The molecule has 0 unspecified atom stereocenters. The molecule has 0 atom stereocenters. The lowest BCUT2D eigenvalue weighted by Crippen LogP contribution is -2.03. The van der Waals surface area contributed by atoms with Crippen molar-refractivity contribution in [3.63, 3.8) is 0 Å². The van der Waals surface area contributed by atoms with Crippen LogP contribution in [0.1, 0.15) is 22.3 Å². The number of hydrogen-bond acceptors (Lipinski definition) is 2. The Morgan fingerprint density at radius 2 is 1.88 bits per heavy atom. The highest BCUT2D eigenvalue weighted by molar-refractivity contribution is 5.89. The zero-order valence-corrected chi connectivity index (χ0v) is 9.12. The second-order valence-electron chi connectivity index (χ2n) is 3.34. The van der Waals surface area contributed by atoms with E-state index in [-0.39, 0.29) is 0 Å². The summed E-state index contributed by atoms with van der Waals surface area (Å²) in [5.74, 6) is -0.476. The Morgan fingerprint density at radius 1 is 1.29 bits per heavy atom. The van der Waals surface area contributed by atoms with Gasteiger partial charge in [-0.15, -0.1) is 0 Å². The van der Waals surface area contributed by atoms with E-state index in [1.807, 2.05) is 0 Å². The van der Waals surface area contributed by atoms with Gasteiger partial charge in [-0.2, -0.15) is 13.2 Å². The number of methoxy groups -OCH3 is 1. The fraction of sp³-hybridized carbons (Fsp3) is 0.250. The molecular formula is C12H11F3O2. The molecule has 0 heterocycles. The average Bonchev–Trinajstić information content (AvgIpc) is 2.27. The van der Waals surface area contributed by atoms with Crippen molar-refractivity contribution in [2.24, 2.45) is 0 Å². The van der Waals surface area contributed by atoms with E-state index in [1.54, 1.807) is 12.1 Å². The molecule has 0 radical (unpaired) electrons. The molecule has 0 saturated heterocycles. The number of benzene rings is 1. The van der Waals surface area contributed by atoms with Crippen LogP contribution in [0, 0.1) is 0 Å². The van der Waals surface area contributed by atoms with Gasteiger partial charge in [0.1, 0.15) is 0 Å². The van der Waals surface area contributed by atoms with E-state index in [9.17, 15) is 18.0 Å². The Bertz CT molecular complexity index is 405. The molecule has 1 aromatic rings. The number of hydrogen-bond donors (Lipinski definition) is 0. The number of allylic oxidation sites excluding steroid dienone is 1. The molecule has 92 valence electrons. The molecule has 0 fully saturated rings. The van der Waals surface area contributed by atoms with Gasteiger partial charge in [0.25, 0.3) is 0 Å². The fourth-order valence-electron chi connectivity index (χ4n) is 1.18. The highest BCUT2D eigenvalue weighted by atomic mass is 19.4. The minimum atomic E-state index is -4.19. The van der Waals surface area contributed by atoms with Crippen LogP contribution in [0.25, 0.3) is 6.08 Å². The van der Waals surface area contributed by atoms with E-state index in [1.165, 1.54) is 25.3 Å². The van der Waals surface area contributed by atoms with E-state index in [0.717, 1.165) is 6.08 Å². The Balaban J connectivity index is 2.66. The van der Waals surface area contributed by atoms with Gasteiger partial charge in [-0.3, -0.25) is 0 Å². The number of carbonyl (C=O) groups is 1. The van der Waals surface area contributed by atoms with Crippen LogP contribution in [0.15, 0.2) is 30.3 Å². The lowest BCUT2D eigenvalue weighted by atomic mass is 10.1. The zero-order chi connectivity index (χ0) is 12.9. The van der Waals surface area contributed by atoms with Gasteiger partial charge in [0.05, 0.1) is 19.1 Å². The maximum Gasteiger partial charge on any atom is 0.392 e. The lowest BCUT2D eigenvalue weighted by Gasteiger charge is -2.01. The zero-order valence-electron chi connectivity index (χ0n) is 9.12. The minimum absolute atomic E-state index is 0.362. The van der Waals surface area contributed by atoms with Crippen molar-refractivity contribution in [3.8, 4) is 0 Å². The van der Waals surface area contributed by atoms with Crippen molar-refractivity contribution < 1.29 is 22.7 Å². The van der Waals surface area contributed by atoms with Gasteiger partial charge in [0.2, 0.25) is 0 Å². The molecule has 0 aliphatic carbocycles. The molecule has 0 bridgehead atoms. The standard InChI is InChI=1S/C12H11F3O2/c1-17-11(16)10-6-4-9(5-7-10)3-2-8-12(13,14)15/h2-7H,8H2,1H3/b3-2-. The van der Waals surface area contributed by atoms with Crippen molar-refractivity contribution in [1.29, 1.82) is 0 Å². The molecule has 1 aromatic carbocycles. The lowest BCUT2D eigenvalue weighted by molar-refractivity contribution is -0.124. The summed E-state index contributed by atoms with van der Waals surface area (Å²) in [6.45, 7) is 0. The summed E-state index contributed by atoms with van der Waals surface area (Å²) >= 11 is 0. The molecule has 0 aliphatic rings. The Labute approximate surface area is 96.7 Å². The summed E-state index contributed by atoms with van der Waals surface area (Å²) < 4.78 is 40.1. The normalized spacial score (nSPS) is 11.8. The number of carbonyl (C=O) groups excluding carboxylic acids is 1. The summed E-state index contributed by atoms with van der Waals surface area (Å²) in [5.41, 5.74) is 0.961. The summed E-state index contributed by atoms with van der Waals surface area (Å²) in [4.78, 5) is 11.1. The number of ether oxygens (including phenoxy) is 1. The number of rotatable bonds is 3. The summed E-state index contributed by atoms with van der Waals surface area (Å²) in [6, 6.07) is 6.11. The third-order valence-corrected chi connectivity index (χ3v) is 1.99. The van der Waals surface area contributed by atoms with Gasteiger partial charge in [0, 0.05) is 0 Å². The second kappa shape index (κ2) is 5.52. The minimum Gasteiger partial charge on any atom is -0.465 e. The van der Waals surface area contributed by atoms with Gasteiger partial charge in [-0.1, -0.05) is 24.3 Å². The quantitative estimate of drug-likeness (QED) is 0.761. The van der Waals surface area contributed by atoms with Crippen LogP contribution in [0.2, 0.25) is 0 Å². The van der Waals surface area contributed by atoms with Crippen LogP contribution in [-0.4, -0.2) is 19.3 Å². The summed E-state index contributed by atoms with van der Waals surface area (Å²) in [7, 11) is 1.26. The fourth-order valence-corrected chi connectivity index (χ4v) is 1.18. The van der Waals surface area contributed by atoms with Crippen LogP contribution in [0.3, 0.4) is 0 Å². The van der Waals surface area contributed by atoms with Crippen LogP contribution in [-0.2, 0) is 4.74 Å². The molecule has 0 spiro atoms. The third-order valence-electron chi connectivity index (χ3n) is 1.99. The maximum absolute atomic E-state index is 11.9. The van der Waals surface area contributed by atoms with Gasteiger partial charge in [-0.05, 0) is 17.7 Å². The average molecular weight is 244 g/mol. The highest BCUT2D eigenvalue weighted by Crippen LogP contribution is 2.20. The van der Waals surface area contributed by atoms with E-state index in [2.05, 4.69) is 4.74 Å². The van der Waals surface area contributed by atoms with Gasteiger partial charge in [-0.25, -0.2) is 4.79 Å². The maximum atomic E-state index is 11.9. The van der Waals surface area contributed by atoms with Crippen molar-refractivity contribution in [2.45, 2.75) is 12.6 Å². The van der Waals surface area contributed by atoms with Crippen LogP contribution < -0.4 is 0 Å². The van der Waals surface area contributed by atoms with Gasteiger partial charge in [0.15, 0.2) is 0 Å². The predicted molar refractivity (Wildman–Crippen MR) is 57.5 cm³/mol. The summed E-state index contributed by atoms with van der Waals surface area (Å²) in [6.07, 6.45) is -2.77. The highest BCUT2D eigenvalue weighted by Gasteiger charge is 2.24. The van der Waals surface area contributed by atoms with Crippen molar-refractivity contribution >= 4 is 12.0 Å². The monoisotopic (exact) mass is 244 g/mol. The first-order valence-electron chi connectivity index (χ1n) is 4.84. The molecule has 0 N–H and O–H groups in total. The first-order chi connectivity index (χ1) is 7.92. The number of halogens is 3. The molecule has 2 nitrogen and oxygen atoms in total. The van der Waals surface area contributed by atoms with E-state index in [4.69, 9.17) is 0 Å². The Hall–Kier alpha value is -1.78. The number of alkyl halides is 3. The molecule has 1 rings (SSSR count). The smallest absolute Gasteiger partial charge is 0.392 e. The van der Waals surface area contributed by atoms with E-state index < -0.39 is 18.6 Å². The Morgan fingerprint density at radius 3 is 2.35 bits per heavy atom.